The van der Waals surface area contributed by atoms with Gasteiger partial charge >= 0.3 is 6.03 Å². The molecule has 1 aliphatic rings. The Morgan fingerprint density at radius 3 is 2.61 bits per heavy atom. The zero-order valence-corrected chi connectivity index (χ0v) is 15.1. The average Bonchev–Trinajstić information content (AvgIpc) is 2.58. The Hall–Kier alpha value is -1.60. The minimum Gasteiger partial charge on any atom is -0.354 e. The molecule has 0 spiro atoms. The van der Waals surface area contributed by atoms with Crippen molar-refractivity contribution >= 4 is 27.8 Å². The van der Waals surface area contributed by atoms with Crippen molar-refractivity contribution in [1.82, 2.24) is 20.5 Å². The first-order valence-electron chi connectivity index (χ1n) is 7.85. The molecule has 0 saturated carbocycles. The van der Waals surface area contributed by atoms with E-state index in [4.69, 9.17) is 0 Å². The minimum absolute atomic E-state index is 0.217. The van der Waals surface area contributed by atoms with Gasteiger partial charge in [0.25, 0.3) is 0 Å². The number of halogens is 1. The third-order valence-corrected chi connectivity index (χ3v) is 4.13. The highest BCUT2D eigenvalue weighted by molar-refractivity contribution is 9.11. The Morgan fingerprint density at radius 1 is 1.30 bits per heavy atom. The van der Waals surface area contributed by atoms with Crippen molar-refractivity contribution in [3.8, 4) is 0 Å². The van der Waals surface area contributed by atoms with Gasteiger partial charge in [0.05, 0.1) is 6.54 Å². The molecule has 1 fully saturated rings. The first-order valence-corrected chi connectivity index (χ1v) is 8.65. The number of amides is 2. The van der Waals surface area contributed by atoms with Crippen LogP contribution in [0.25, 0.3) is 0 Å². The van der Waals surface area contributed by atoms with Gasteiger partial charge in [-0.25, -0.2) is 9.78 Å². The number of carbonyl (C=O) groups is 1. The van der Waals surface area contributed by atoms with Crippen molar-refractivity contribution in [2.45, 2.75) is 13.5 Å². The van der Waals surface area contributed by atoms with Crippen molar-refractivity contribution in [3.05, 3.63) is 35.0 Å². The molecule has 2 amide bonds. The maximum absolute atomic E-state index is 11.6. The van der Waals surface area contributed by atoms with E-state index in [0.29, 0.717) is 13.1 Å². The van der Waals surface area contributed by atoms with E-state index in [0.717, 1.165) is 48.6 Å². The molecule has 1 saturated heterocycles. The van der Waals surface area contributed by atoms with E-state index in [2.05, 4.69) is 54.8 Å². The number of urea groups is 1. The van der Waals surface area contributed by atoms with Crippen LogP contribution in [-0.2, 0) is 6.54 Å². The number of rotatable bonds is 6. The predicted octanol–water partition coefficient (Wildman–Crippen LogP) is 1.93. The van der Waals surface area contributed by atoms with E-state index >= 15 is 0 Å². The second-order valence-corrected chi connectivity index (χ2v) is 6.62. The number of anilines is 1. The average molecular weight is 382 g/mol. The van der Waals surface area contributed by atoms with Crippen LogP contribution in [0.3, 0.4) is 0 Å². The molecule has 2 heterocycles. The fourth-order valence-electron chi connectivity index (χ4n) is 2.42. The molecule has 6 nitrogen and oxygen atoms in total. The van der Waals surface area contributed by atoms with E-state index in [-0.39, 0.29) is 6.03 Å². The van der Waals surface area contributed by atoms with Crippen LogP contribution in [0.4, 0.5) is 10.6 Å². The fourth-order valence-corrected chi connectivity index (χ4v) is 2.56. The smallest absolute Gasteiger partial charge is 0.315 e. The Balaban J connectivity index is 1.78. The number of nitrogens with zero attached hydrogens (tertiary/aromatic N) is 3. The molecule has 0 aromatic carbocycles. The number of hydrogen-bond acceptors (Lipinski definition) is 4. The molecule has 0 radical (unpaired) electrons. The maximum atomic E-state index is 11.6. The SMILES string of the molecule is C=C(Br)CNC(=O)NCc1ccc(N2CCN(CC)CC2)nc1. The fraction of sp³-hybridized carbons (Fsp3) is 0.500. The molecule has 7 heteroatoms. The number of carbonyl (C=O) groups excluding carboxylic acids is 1. The normalized spacial score (nSPS) is 15.3. The molecular formula is C16H24BrN5O. The number of pyridine rings is 1. The second kappa shape index (κ2) is 8.88. The van der Waals surface area contributed by atoms with E-state index < -0.39 is 0 Å². The number of aromatic nitrogens is 1. The third kappa shape index (κ3) is 5.84. The first kappa shape index (κ1) is 17.7. The van der Waals surface area contributed by atoms with Crippen LogP contribution in [-0.4, -0.2) is 55.2 Å². The number of piperazine rings is 1. The lowest BCUT2D eigenvalue weighted by Gasteiger charge is -2.34. The van der Waals surface area contributed by atoms with Gasteiger partial charge in [-0.1, -0.05) is 35.5 Å². The maximum Gasteiger partial charge on any atom is 0.315 e. The van der Waals surface area contributed by atoms with Crippen molar-refractivity contribution in [2.24, 2.45) is 0 Å². The van der Waals surface area contributed by atoms with E-state index in [9.17, 15) is 4.79 Å². The largest absolute Gasteiger partial charge is 0.354 e. The van der Waals surface area contributed by atoms with Crippen LogP contribution in [0.2, 0.25) is 0 Å². The second-order valence-electron chi connectivity index (χ2n) is 5.50. The van der Waals surface area contributed by atoms with Crippen molar-refractivity contribution in [3.63, 3.8) is 0 Å². The summed E-state index contributed by atoms with van der Waals surface area (Å²) in [5.41, 5.74) is 0.980. The highest BCUT2D eigenvalue weighted by Gasteiger charge is 2.16. The minimum atomic E-state index is -0.217. The summed E-state index contributed by atoms with van der Waals surface area (Å²) in [6.45, 7) is 12.0. The summed E-state index contributed by atoms with van der Waals surface area (Å²) in [6, 6.07) is 3.82. The zero-order valence-electron chi connectivity index (χ0n) is 13.5. The van der Waals surface area contributed by atoms with Gasteiger partial charge in [-0.15, -0.1) is 0 Å². The quantitative estimate of drug-likeness (QED) is 0.790. The van der Waals surface area contributed by atoms with Gasteiger partial charge in [-0.2, -0.15) is 0 Å². The van der Waals surface area contributed by atoms with Gasteiger partial charge in [-0.05, 0) is 18.2 Å². The molecule has 1 aromatic heterocycles. The van der Waals surface area contributed by atoms with Crippen LogP contribution < -0.4 is 15.5 Å². The van der Waals surface area contributed by atoms with Crippen LogP contribution >= 0.6 is 15.9 Å². The molecule has 0 bridgehead atoms. The van der Waals surface area contributed by atoms with Gasteiger partial charge in [-0.3, -0.25) is 0 Å². The number of hydrogen-bond donors (Lipinski definition) is 2. The van der Waals surface area contributed by atoms with Crippen LogP contribution in [0.15, 0.2) is 29.4 Å². The lowest BCUT2D eigenvalue weighted by molar-refractivity contribution is 0.241. The summed E-state index contributed by atoms with van der Waals surface area (Å²) in [4.78, 5) is 20.8. The predicted molar refractivity (Wildman–Crippen MR) is 96.9 cm³/mol. The molecule has 0 atom stereocenters. The highest BCUT2D eigenvalue weighted by atomic mass is 79.9. The summed E-state index contributed by atoms with van der Waals surface area (Å²) >= 11 is 3.20. The topological polar surface area (TPSA) is 60.5 Å². The lowest BCUT2D eigenvalue weighted by Crippen LogP contribution is -2.46. The van der Waals surface area contributed by atoms with Gasteiger partial charge in [0.1, 0.15) is 5.82 Å². The number of likely N-dealkylation sites (N-methyl/N-ethyl adjacent to an activating group) is 1. The van der Waals surface area contributed by atoms with Gasteiger partial charge in [0.2, 0.25) is 0 Å². The summed E-state index contributed by atoms with van der Waals surface area (Å²) < 4.78 is 0.738. The molecule has 1 aliphatic heterocycles. The van der Waals surface area contributed by atoms with E-state index in [1.807, 2.05) is 18.3 Å². The van der Waals surface area contributed by atoms with Crippen LogP contribution in [0.1, 0.15) is 12.5 Å². The lowest BCUT2D eigenvalue weighted by atomic mass is 10.2. The molecule has 1 aromatic rings. The van der Waals surface area contributed by atoms with E-state index in [1.54, 1.807) is 0 Å². The standard InChI is InChI=1S/C16H24BrN5O/c1-3-21-6-8-22(9-7-21)15-5-4-14(11-18-15)12-20-16(23)19-10-13(2)17/h4-5,11H,2-3,6-10,12H2,1H3,(H2,19,20,23). The summed E-state index contributed by atoms with van der Waals surface area (Å²) in [6.07, 6.45) is 1.82. The first-order chi connectivity index (χ1) is 11.1. The monoisotopic (exact) mass is 381 g/mol. The third-order valence-electron chi connectivity index (χ3n) is 3.85. The molecule has 0 aliphatic carbocycles. The molecule has 23 heavy (non-hydrogen) atoms. The Kier molecular flexibility index (Phi) is 6.85. The number of nitrogens with one attached hydrogen (secondary N) is 2. The summed E-state index contributed by atoms with van der Waals surface area (Å²) in [7, 11) is 0. The Bertz CT molecular complexity index is 526. The van der Waals surface area contributed by atoms with Gasteiger partial charge < -0.3 is 20.4 Å². The molecule has 2 N–H and O–H groups in total. The van der Waals surface area contributed by atoms with Crippen molar-refractivity contribution in [1.29, 1.82) is 0 Å². The van der Waals surface area contributed by atoms with E-state index in [1.165, 1.54) is 0 Å². The van der Waals surface area contributed by atoms with Gasteiger partial charge in [0, 0.05) is 43.4 Å². The molecular weight excluding hydrogens is 358 g/mol. The van der Waals surface area contributed by atoms with Crippen molar-refractivity contribution in [2.75, 3.05) is 44.2 Å². The Morgan fingerprint density at radius 2 is 2.04 bits per heavy atom. The molecule has 0 unspecified atom stereocenters. The van der Waals surface area contributed by atoms with Crippen molar-refractivity contribution < 1.29 is 4.79 Å². The highest BCUT2D eigenvalue weighted by Crippen LogP contribution is 2.14. The summed E-state index contributed by atoms with van der Waals surface area (Å²) in [5, 5.41) is 5.49. The summed E-state index contributed by atoms with van der Waals surface area (Å²) in [5.74, 6) is 1.00. The molecule has 126 valence electrons. The van der Waals surface area contributed by atoms with Crippen LogP contribution in [0.5, 0.6) is 0 Å². The zero-order chi connectivity index (χ0) is 16.7. The van der Waals surface area contributed by atoms with Crippen LogP contribution in [0, 0.1) is 0 Å². The van der Waals surface area contributed by atoms with Gasteiger partial charge in [0.15, 0.2) is 0 Å². The Labute approximate surface area is 146 Å². The molecule has 2 rings (SSSR count).